The monoisotopic (exact) mass is 286 g/mol. The average molecular weight is 286 g/mol. The van der Waals surface area contributed by atoms with Gasteiger partial charge < -0.3 is 10.2 Å². The molecule has 2 heteroatoms. The first kappa shape index (κ1) is 15.1. The van der Waals surface area contributed by atoms with Gasteiger partial charge in [-0.15, -0.1) is 0 Å². The van der Waals surface area contributed by atoms with Gasteiger partial charge in [0.05, 0.1) is 0 Å². The van der Waals surface area contributed by atoms with Gasteiger partial charge in [-0.1, -0.05) is 30.7 Å². The summed E-state index contributed by atoms with van der Waals surface area (Å²) in [4.78, 5) is 2.48. The molecule has 3 rings (SSSR count). The van der Waals surface area contributed by atoms with Gasteiger partial charge in [0.25, 0.3) is 0 Å². The summed E-state index contributed by atoms with van der Waals surface area (Å²) in [5.74, 6) is 0.775. The third kappa shape index (κ3) is 4.31. The summed E-state index contributed by atoms with van der Waals surface area (Å²) >= 11 is 0. The summed E-state index contributed by atoms with van der Waals surface area (Å²) in [5.41, 5.74) is 3.06. The lowest BCUT2D eigenvalue weighted by Crippen LogP contribution is -2.35. The van der Waals surface area contributed by atoms with E-state index in [1.165, 1.54) is 70.1 Å². The minimum absolute atomic E-state index is 0.705. The molecule has 1 N–H and O–H groups in total. The van der Waals surface area contributed by atoms with Crippen molar-refractivity contribution in [3.05, 3.63) is 35.4 Å². The van der Waals surface area contributed by atoms with E-state index in [0.717, 1.165) is 5.92 Å². The number of rotatable bonds is 3. The first-order chi connectivity index (χ1) is 10.3. The third-order valence-electron chi connectivity index (χ3n) is 5.30. The highest BCUT2D eigenvalue weighted by Crippen LogP contribution is 2.28. The molecule has 2 fully saturated rings. The zero-order valence-corrected chi connectivity index (χ0v) is 13.5. The smallest absolute Gasteiger partial charge is 0.0107 e. The van der Waals surface area contributed by atoms with Crippen LogP contribution in [0.2, 0.25) is 0 Å². The van der Waals surface area contributed by atoms with Gasteiger partial charge in [-0.2, -0.15) is 0 Å². The summed E-state index contributed by atoms with van der Waals surface area (Å²) < 4.78 is 0. The fourth-order valence-corrected chi connectivity index (χ4v) is 3.88. The van der Waals surface area contributed by atoms with Gasteiger partial charge in [-0.05, 0) is 82.3 Å². The Hall–Kier alpha value is -0.860. The van der Waals surface area contributed by atoms with Crippen LogP contribution in [0.4, 0.5) is 0 Å². The molecule has 2 heterocycles. The van der Waals surface area contributed by atoms with Gasteiger partial charge in [0.15, 0.2) is 0 Å². The highest BCUT2D eigenvalue weighted by Gasteiger charge is 2.17. The fraction of sp³-hybridized carbons (Fsp3) is 0.684. The third-order valence-corrected chi connectivity index (χ3v) is 5.30. The number of hydrogen-bond acceptors (Lipinski definition) is 2. The summed E-state index contributed by atoms with van der Waals surface area (Å²) in [5, 5.41) is 3.65. The molecule has 0 spiro atoms. The molecule has 0 amide bonds. The molecule has 21 heavy (non-hydrogen) atoms. The lowest BCUT2D eigenvalue weighted by molar-refractivity contribution is 0.347. The second-order valence-corrected chi connectivity index (χ2v) is 7.02. The largest absolute Gasteiger partial charge is 0.314 e. The zero-order valence-electron chi connectivity index (χ0n) is 13.5. The van der Waals surface area contributed by atoms with E-state index in [1.807, 2.05) is 0 Å². The van der Waals surface area contributed by atoms with E-state index < -0.39 is 0 Å². The van der Waals surface area contributed by atoms with Gasteiger partial charge in [0, 0.05) is 6.04 Å². The summed E-state index contributed by atoms with van der Waals surface area (Å²) in [7, 11) is 2.25. The van der Waals surface area contributed by atoms with Crippen molar-refractivity contribution in [1.82, 2.24) is 10.2 Å². The topological polar surface area (TPSA) is 15.3 Å². The Morgan fingerprint density at radius 3 is 2.62 bits per heavy atom. The van der Waals surface area contributed by atoms with Crippen LogP contribution < -0.4 is 5.32 Å². The SMILES string of the molecule is CN1CCCC(c2ccc(CC3CCCCN3)cc2)CC1. The van der Waals surface area contributed by atoms with Crippen molar-refractivity contribution in [2.24, 2.45) is 0 Å². The highest BCUT2D eigenvalue weighted by molar-refractivity contribution is 5.26. The van der Waals surface area contributed by atoms with E-state index in [4.69, 9.17) is 0 Å². The molecule has 2 atom stereocenters. The molecule has 116 valence electrons. The lowest BCUT2D eigenvalue weighted by atomic mass is 9.90. The van der Waals surface area contributed by atoms with Crippen molar-refractivity contribution in [3.63, 3.8) is 0 Å². The molecule has 2 unspecified atom stereocenters. The number of nitrogens with zero attached hydrogens (tertiary/aromatic N) is 1. The number of piperidine rings is 1. The summed E-state index contributed by atoms with van der Waals surface area (Å²) in [6, 6.07) is 10.2. The molecule has 2 saturated heterocycles. The molecule has 0 saturated carbocycles. The standard InChI is InChI=1S/C19H30N2/c1-21-13-4-5-17(11-14-21)18-9-7-16(8-10-18)15-19-6-2-3-12-20-19/h7-10,17,19-20H,2-6,11-15H2,1H3. The van der Waals surface area contributed by atoms with Crippen LogP contribution in [0.5, 0.6) is 0 Å². The predicted molar refractivity (Wildman–Crippen MR) is 89.9 cm³/mol. The predicted octanol–water partition coefficient (Wildman–Crippen LogP) is 3.57. The number of benzene rings is 1. The van der Waals surface area contributed by atoms with Crippen LogP contribution in [0.15, 0.2) is 24.3 Å². The molecule has 2 aliphatic heterocycles. The van der Waals surface area contributed by atoms with Gasteiger partial charge in [-0.25, -0.2) is 0 Å². The highest BCUT2D eigenvalue weighted by atomic mass is 15.1. The lowest BCUT2D eigenvalue weighted by Gasteiger charge is -2.23. The first-order valence-corrected chi connectivity index (χ1v) is 8.82. The quantitative estimate of drug-likeness (QED) is 0.914. The van der Waals surface area contributed by atoms with Gasteiger partial charge in [-0.3, -0.25) is 0 Å². The normalized spacial score (nSPS) is 28.2. The van der Waals surface area contributed by atoms with Crippen LogP contribution in [0.25, 0.3) is 0 Å². The molecule has 0 aliphatic carbocycles. The Balaban J connectivity index is 1.58. The maximum absolute atomic E-state index is 3.65. The van der Waals surface area contributed by atoms with Crippen LogP contribution in [-0.4, -0.2) is 37.6 Å². The van der Waals surface area contributed by atoms with Crippen molar-refractivity contribution in [1.29, 1.82) is 0 Å². The molecule has 1 aromatic rings. The van der Waals surface area contributed by atoms with Crippen LogP contribution in [0.3, 0.4) is 0 Å². The maximum Gasteiger partial charge on any atom is 0.0107 e. The van der Waals surface area contributed by atoms with Crippen LogP contribution in [0.1, 0.15) is 55.6 Å². The summed E-state index contributed by atoms with van der Waals surface area (Å²) in [6.07, 6.45) is 9.31. The van der Waals surface area contributed by atoms with Gasteiger partial charge in [0.2, 0.25) is 0 Å². The first-order valence-electron chi connectivity index (χ1n) is 8.82. The minimum Gasteiger partial charge on any atom is -0.314 e. The second kappa shape index (κ2) is 7.42. The van der Waals surface area contributed by atoms with E-state index in [2.05, 4.69) is 41.5 Å². The van der Waals surface area contributed by atoms with E-state index in [-0.39, 0.29) is 0 Å². The number of likely N-dealkylation sites (tertiary alicyclic amines) is 1. The van der Waals surface area contributed by atoms with E-state index >= 15 is 0 Å². The molecule has 0 radical (unpaired) electrons. The molecular weight excluding hydrogens is 256 g/mol. The van der Waals surface area contributed by atoms with Gasteiger partial charge >= 0.3 is 0 Å². The Kier molecular flexibility index (Phi) is 5.32. The van der Waals surface area contributed by atoms with E-state index in [1.54, 1.807) is 5.56 Å². The van der Waals surface area contributed by atoms with Crippen molar-refractivity contribution >= 4 is 0 Å². The average Bonchev–Trinajstić information content (AvgIpc) is 2.74. The van der Waals surface area contributed by atoms with Crippen molar-refractivity contribution in [3.8, 4) is 0 Å². The zero-order chi connectivity index (χ0) is 14.5. The molecule has 0 aromatic heterocycles. The fourth-order valence-electron chi connectivity index (χ4n) is 3.88. The minimum atomic E-state index is 0.705. The number of nitrogens with one attached hydrogen (secondary N) is 1. The molecule has 2 nitrogen and oxygen atoms in total. The molecule has 1 aromatic carbocycles. The van der Waals surface area contributed by atoms with Crippen LogP contribution in [-0.2, 0) is 6.42 Å². The Morgan fingerprint density at radius 2 is 1.86 bits per heavy atom. The van der Waals surface area contributed by atoms with Gasteiger partial charge in [0.1, 0.15) is 0 Å². The Bertz CT molecular complexity index is 420. The van der Waals surface area contributed by atoms with Crippen LogP contribution >= 0.6 is 0 Å². The van der Waals surface area contributed by atoms with E-state index in [9.17, 15) is 0 Å². The second-order valence-electron chi connectivity index (χ2n) is 7.02. The Morgan fingerprint density at radius 1 is 1.00 bits per heavy atom. The Labute approximate surface area is 129 Å². The summed E-state index contributed by atoms with van der Waals surface area (Å²) in [6.45, 7) is 3.72. The molecule has 2 aliphatic rings. The van der Waals surface area contributed by atoms with Crippen molar-refractivity contribution in [2.75, 3.05) is 26.7 Å². The van der Waals surface area contributed by atoms with Crippen molar-refractivity contribution in [2.45, 2.75) is 56.9 Å². The van der Waals surface area contributed by atoms with Crippen molar-refractivity contribution < 1.29 is 0 Å². The van der Waals surface area contributed by atoms with E-state index in [0.29, 0.717) is 6.04 Å². The maximum atomic E-state index is 3.65. The molecular formula is C19H30N2. The van der Waals surface area contributed by atoms with Crippen LogP contribution in [0, 0.1) is 0 Å². The molecule has 0 bridgehead atoms. The number of hydrogen-bond donors (Lipinski definition) is 1.